The Morgan fingerprint density at radius 1 is 0.875 bits per heavy atom. The van der Waals surface area contributed by atoms with Gasteiger partial charge in [0.1, 0.15) is 25.1 Å². The number of piperidine rings is 1. The molecule has 6 rings (SSSR count). The van der Waals surface area contributed by atoms with Gasteiger partial charge in [0.05, 0.1) is 30.5 Å². The average Bonchev–Trinajstić information content (AvgIpc) is 3.36. The lowest BCUT2D eigenvalue weighted by Gasteiger charge is -2.23. The van der Waals surface area contributed by atoms with Crippen LogP contribution in [0.4, 0.5) is 30.1 Å². The van der Waals surface area contributed by atoms with Crippen LogP contribution in [-0.4, -0.2) is 68.5 Å². The summed E-state index contributed by atoms with van der Waals surface area (Å²) < 4.78 is 31.2. The van der Waals surface area contributed by atoms with Gasteiger partial charge in [-0.15, -0.1) is 0 Å². The molecule has 4 amide bonds. The van der Waals surface area contributed by atoms with E-state index < -0.39 is 30.2 Å². The number of fused-ring (bicyclic) bond motifs is 1. The quantitative estimate of drug-likeness (QED) is 0.178. The molecule has 1 saturated carbocycles. The van der Waals surface area contributed by atoms with Gasteiger partial charge in [-0.25, -0.2) is 23.8 Å². The van der Waals surface area contributed by atoms with Gasteiger partial charge in [0.15, 0.2) is 0 Å². The summed E-state index contributed by atoms with van der Waals surface area (Å²) in [6.07, 6.45) is -2.72. The van der Waals surface area contributed by atoms with Gasteiger partial charge < -0.3 is 24.4 Å². The molecule has 0 bridgehead atoms. The van der Waals surface area contributed by atoms with Crippen molar-refractivity contribution < 1.29 is 37.8 Å². The molecule has 0 radical (unpaired) electrons. The van der Waals surface area contributed by atoms with Crippen molar-refractivity contribution in [3.63, 3.8) is 0 Å². The number of anilines is 2. The van der Waals surface area contributed by atoms with Crippen LogP contribution in [0.5, 0.6) is 0 Å². The van der Waals surface area contributed by atoms with E-state index in [2.05, 4.69) is 20.9 Å². The van der Waals surface area contributed by atoms with E-state index in [0.717, 1.165) is 11.1 Å². The first-order valence-electron chi connectivity index (χ1n) is 15.5. The Morgan fingerprint density at radius 3 is 2.00 bits per heavy atom. The van der Waals surface area contributed by atoms with E-state index in [-0.39, 0.29) is 56.0 Å². The van der Waals surface area contributed by atoms with Gasteiger partial charge in [-0.1, -0.05) is 60.7 Å². The average molecular weight is 659 g/mol. The van der Waals surface area contributed by atoms with E-state index in [1.807, 2.05) is 65.6 Å². The second kappa shape index (κ2) is 14.4. The second-order valence-electron chi connectivity index (χ2n) is 11.8. The predicted octanol–water partition coefficient (Wildman–Crippen LogP) is 3.93. The number of halogens is 1. The number of carbonyl (C=O) groups is 4. The lowest BCUT2D eigenvalue weighted by Crippen LogP contribution is -2.44. The summed E-state index contributed by atoms with van der Waals surface area (Å²) in [5, 5.41) is 7.66. The molecular weight excluding hydrogens is 623 g/mol. The third kappa shape index (κ3) is 8.00. The molecule has 0 aromatic heterocycles. The van der Waals surface area contributed by atoms with E-state index in [4.69, 9.17) is 14.2 Å². The van der Waals surface area contributed by atoms with Crippen molar-refractivity contribution >= 4 is 41.5 Å². The van der Waals surface area contributed by atoms with Crippen molar-refractivity contribution in [2.45, 2.75) is 32.3 Å². The zero-order valence-electron chi connectivity index (χ0n) is 26.1. The van der Waals surface area contributed by atoms with Gasteiger partial charge in [-0.2, -0.15) is 0 Å². The molecule has 3 N–H and O–H groups in total. The fourth-order valence-electron chi connectivity index (χ4n) is 5.86. The van der Waals surface area contributed by atoms with Crippen LogP contribution in [0.15, 0.2) is 83.9 Å². The van der Waals surface area contributed by atoms with Crippen molar-refractivity contribution in [2.75, 3.05) is 36.0 Å². The molecule has 3 aromatic rings. The van der Waals surface area contributed by atoms with Crippen molar-refractivity contribution in [3.8, 4) is 0 Å². The smallest absolute Gasteiger partial charge is 0.414 e. The molecule has 1 unspecified atom stereocenters. The highest BCUT2D eigenvalue weighted by Crippen LogP contribution is 2.49. The highest BCUT2D eigenvalue weighted by atomic mass is 19.1. The number of guanidine groups is 1. The maximum Gasteiger partial charge on any atom is 0.414 e. The van der Waals surface area contributed by atoms with Crippen molar-refractivity contribution in [1.29, 1.82) is 0 Å². The van der Waals surface area contributed by atoms with Crippen LogP contribution < -0.4 is 25.8 Å². The van der Waals surface area contributed by atoms with E-state index >= 15 is 4.39 Å². The minimum atomic E-state index is -0.793. The molecule has 0 spiro atoms. The summed E-state index contributed by atoms with van der Waals surface area (Å²) in [6, 6.07) is 22.7. The maximum absolute atomic E-state index is 15.3. The summed E-state index contributed by atoms with van der Waals surface area (Å²) in [5.41, 5.74) is 2.34. The first kappa shape index (κ1) is 32.3. The molecular formula is C34H35FN6O7. The number of aliphatic imine (C=N–C) groups is 1. The Kier molecular flexibility index (Phi) is 9.69. The highest BCUT2D eigenvalue weighted by Gasteiger charge is 2.56. The summed E-state index contributed by atoms with van der Waals surface area (Å²) in [5.74, 6) is -0.693. The third-order valence-electron chi connectivity index (χ3n) is 8.33. The zero-order valence-corrected chi connectivity index (χ0v) is 26.1. The number of ether oxygens (including phenoxy) is 3. The topological polar surface area (TPSA) is 151 Å². The first-order valence-corrected chi connectivity index (χ1v) is 15.5. The summed E-state index contributed by atoms with van der Waals surface area (Å²) in [4.78, 5) is 56.7. The van der Waals surface area contributed by atoms with Gasteiger partial charge in [0.2, 0.25) is 11.9 Å². The monoisotopic (exact) mass is 658 g/mol. The number of hydrogen-bond acceptors (Lipinski definition) is 9. The third-order valence-corrected chi connectivity index (χ3v) is 8.33. The van der Waals surface area contributed by atoms with Crippen LogP contribution in [0.25, 0.3) is 0 Å². The molecule has 4 atom stereocenters. The molecule has 3 aliphatic rings. The summed E-state index contributed by atoms with van der Waals surface area (Å²) in [7, 11) is 0. The zero-order chi connectivity index (χ0) is 33.6. The second-order valence-corrected chi connectivity index (χ2v) is 11.8. The van der Waals surface area contributed by atoms with Gasteiger partial charge in [0.25, 0.3) is 0 Å². The van der Waals surface area contributed by atoms with Gasteiger partial charge in [-0.05, 0) is 29.3 Å². The standard InChI is InChI=1S/C34H35FN6O7/c1-21(42)36-15-25-16-41(34(45)48-25)24-12-13-29(28(35)14-24)40-17-26-27(18-40)30(26)37-31(38-32(43)46-19-22-8-4-2-5-9-22)39-33(44)47-20-23-10-6-3-7-11-23/h2-14,25-27,30H,15-20H2,1H3,(H,36,42)(H2,37,38,39,43,44)/t25-,26-,27+,30?/m0/s1. The number of carbonyl (C=O) groups excluding carboxylic acids is 4. The molecule has 1 aliphatic carbocycles. The number of benzene rings is 3. The lowest BCUT2D eigenvalue weighted by atomic mass is 10.2. The predicted molar refractivity (Wildman–Crippen MR) is 173 cm³/mol. The molecule has 2 heterocycles. The Labute approximate surface area is 276 Å². The van der Waals surface area contributed by atoms with Crippen molar-refractivity contribution in [1.82, 2.24) is 16.0 Å². The number of amides is 4. The van der Waals surface area contributed by atoms with E-state index in [9.17, 15) is 19.2 Å². The van der Waals surface area contributed by atoms with Crippen molar-refractivity contribution in [2.24, 2.45) is 16.8 Å². The first-order chi connectivity index (χ1) is 23.2. The van der Waals surface area contributed by atoms with E-state index in [0.29, 0.717) is 24.5 Å². The fraction of sp³-hybridized carbons (Fsp3) is 0.324. The van der Waals surface area contributed by atoms with Crippen LogP contribution in [-0.2, 0) is 32.2 Å². The summed E-state index contributed by atoms with van der Waals surface area (Å²) in [6.45, 7) is 2.81. The molecule has 48 heavy (non-hydrogen) atoms. The molecule has 2 aliphatic heterocycles. The van der Waals surface area contributed by atoms with Crippen LogP contribution in [0.1, 0.15) is 18.1 Å². The van der Waals surface area contributed by atoms with Gasteiger partial charge >= 0.3 is 18.3 Å². The minimum absolute atomic E-state index is 0.0308. The molecule has 2 saturated heterocycles. The number of hydrogen-bond donors (Lipinski definition) is 3. The SMILES string of the molecule is CC(=O)NC[C@H]1CN(c2ccc(N3C[C@@H]4C(N=C(NC(=O)OCc5ccccc5)NC(=O)OCc5ccccc5)[C@@H]4C3)c(F)c2)C(=O)O1. The number of cyclic esters (lactones) is 1. The number of nitrogens with zero attached hydrogens (tertiary/aromatic N) is 3. The van der Waals surface area contributed by atoms with Crippen LogP contribution in [0.2, 0.25) is 0 Å². The maximum atomic E-state index is 15.3. The van der Waals surface area contributed by atoms with Gasteiger partial charge in [0, 0.05) is 31.8 Å². The normalized spacial score (nSPS) is 20.7. The van der Waals surface area contributed by atoms with Gasteiger partial charge in [-0.3, -0.25) is 20.3 Å². The molecule has 250 valence electrons. The number of nitrogens with one attached hydrogen (secondary N) is 3. The van der Waals surface area contributed by atoms with Crippen LogP contribution in [0, 0.1) is 17.7 Å². The van der Waals surface area contributed by atoms with E-state index in [1.54, 1.807) is 12.1 Å². The Morgan fingerprint density at radius 2 is 1.46 bits per heavy atom. The van der Waals surface area contributed by atoms with Crippen LogP contribution >= 0.6 is 0 Å². The molecule has 3 aromatic carbocycles. The fourth-order valence-corrected chi connectivity index (χ4v) is 5.86. The van der Waals surface area contributed by atoms with E-state index in [1.165, 1.54) is 17.9 Å². The van der Waals surface area contributed by atoms with Crippen LogP contribution in [0.3, 0.4) is 0 Å². The lowest BCUT2D eigenvalue weighted by molar-refractivity contribution is -0.119. The number of alkyl carbamates (subject to hydrolysis) is 2. The molecule has 14 heteroatoms. The summed E-state index contributed by atoms with van der Waals surface area (Å²) >= 11 is 0. The van der Waals surface area contributed by atoms with Crippen molar-refractivity contribution in [3.05, 3.63) is 95.8 Å². The Balaban J connectivity index is 1.06. The highest BCUT2D eigenvalue weighted by molar-refractivity contribution is 6.01. The molecule has 3 fully saturated rings. The number of rotatable bonds is 9. The Hall–Kier alpha value is -5.66. The Bertz CT molecular complexity index is 1620. The molecule has 13 nitrogen and oxygen atoms in total. The largest absolute Gasteiger partial charge is 0.444 e. The minimum Gasteiger partial charge on any atom is -0.444 e.